The minimum Gasteiger partial charge on any atom is -0.325 e. The van der Waals surface area contributed by atoms with Crippen LogP contribution in [0.4, 0.5) is 15.8 Å². The summed E-state index contributed by atoms with van der Waals surface area (Å²) in [5, 5.41) is 4.60. The average molecular weight is 477 g/mol. The van der Waals surface area contributed by atoms with Gasteiger partial charge in [0.25, 0.3) is 5.56 Å². The molecule has 0 saturated carbocycles. The fraction of sp³-hybridized carbons (Fsp3) is 0.227. The highest BCUT2D eigenvalue weighted by Gasteiger charge is 2.21. The first-order chi connectivity index (χ1) is 15.2. The first-order valence-corrected chi connectivity index (χ1v) is 11.1. The summed E-state index contributed by atoms with van der Waals surface area (Å²) in [5.41, 5.74) is 1.51. The zero-order valence-corrected chi connectivity index (χ0v) is 19.3. The van der Waals surface area contributed by atoms with Gasteiger partial charge >= 0.3 is 0 Å². The molecule has 1 atom stereocenters. The molecule has 1 aromatic heterocycles. The van der Waals surface area contributed by atoms with E-state index in [1.807, 2.05) is 18.2 Å². The summed E-state index contributed by atoms with van der Waals surface area (Å²) in [6.07, 6.45) is 0. The average Bonchev–Trinajstić information content (AvgIpc) is 2.98. The maximum absolute atomic E-state index is 13.2. The number of nitrogens with one attached hydrogen (secondary N) is 2. The van der Waals surface area contributed by atoms with Crippen molar-refractivity contribution < 1.29 is 14.0 Å². The largest absolute Gasteiger partial charge is 0.325 e. The van der Waals surface area contributed by atoms with Crippen LogP contribution in [0.2, 0.25) is 5.02 Å². The number of hydrogen-bond acceptors (Lipinski definition) is 4. The Morgan fingerprint density at radius 3 is 2.50 bits per heavy atom. The van der Waals surface area contributed by atoms with Crippen LogP contribution >= 0.6 is 23.4 Å². The van der Waals surface area contributed by atoms with E-state index in [4.69, 9.17) is 11.6 Å². The number of amides is 2. The van der Waals surface area contributed by atoms with Gasteiger partial charge in [-0.25, -0.2) is 9.07 Å². The van der Waals surface area contributed by atoms with E-state index in [1.54, 1.807) is 37.7 Å². The summed E-state index contributed by atoms with van der Waals surface area (Å²) in [5.74, 6) is -1.34. The number of rotatable bonds is 7. The molecule has 0 bridgehead atoms. The molecule has 32 heavy (non-hydrogen) atoms. The Balaban J connectivity index is 1.63. The van der Waals surface area contributed by atoms with Gasteiger partial charge in [0, 0.05) is 12.7 Å². The topological polar surface area (TPSA) is 85.1 Å². The lowest BCUT2D eigenvalue weighted by Gasteiger charge is -2.11. The van der Waals surface area contributed by atoms with Gasteiger partial charge in [-0.2, -0.15) is 0 Å². The Morgan fingerprint density at radius 2 is 1.84 bits per heavy atom. The molecule has 168 valence electrons. The minimum atomic E-state index is -0.596. The second-order valence-electron chi connectivity index (χ2n) is 7.06. The summed E-state index contributed by atoms with van der Waals surface area (Å²) < 4.78 is 16.4. The van der Waals surface area contributed by atoms with Crippen molar-refractivity contribution in [1.29, 1.82) is 0 Å². The van der Waals surface area contributed by atoms with Crippen LogP contribution in [0.3, 0.4) is 0 Å². The number of hydrogen-bond donors (Lipinski definition) is 2. The number of aromatic nitrogens is 2. The molecule has 1 unspecified atom stereocenters. The van der Waals surface area contributed by atoms with Gasteiger partial charge < -0.3 is 10.6 Å². The summed E-state index contributed by atoms with van der Waals surface area (Å²) in [4.78, 5) is 37.7. The molecule has 0 saturated heterocycles. The second kappa shape index (κ2) is 10.1. The van der Waals surface area contributed by atoms with Gasteiger partial charge in [0.1, 0.15) is 11.5 Å². The van der Waals surface area contributed by atoms with Crippen LogP contribution in [-0.2, 0) is 16.6 Å². The Labute approximate surface area is 193 Å². The monoisotopic (exact) mass is 476 g/mol. The van der Waals surface area contributed by atoms with Crippen molar-refractivity contribution in [1.82, 2.24) is 9.36 Å². The molecule has 1 heterocycles. The predicted octanol–water partition coefficient (Wildman–Crippen LogP) is 3.98. The predicted molar refractivity (Wildman–Crippen MR) is 126 cm³/mol. The van der Waals surface area contributed by atoms with Crippen molar-refractivity contribution in [2.75, 3.05) is 16.4 Å². The molecule has 3 rings (SSSR count). The first-order valence-electron chi connectivity index (χ1n) is 9.70. The number of para-hydroxylation sites is 1. The van der Waals surface area contributed by atoms with E-state index in [1.165, 1.54) is 16.8 Å². The lowest BCUT2D eigenvalue weighted by atomic mass is 10.3. The summed E-state index contributed by atoms with van der Waals surface area (Å²) in [6, 6.07) is 13.0. The highest BCUT2D eigenvalue weighted by Crippen LogP contribution is 2.21. The van der Waals surface area contributed by atoms with Gasteiger partial charge in [-0.05, 0) is 44.2 Å². The van der Waals surface area contributed by atoms with Crippen LogP contribution in [0.25, 0.3) is 5.69 Å². The van der Waals surface area contributed by atoms with E-state index < -0.39 is 17.0 Å². The molecule has 10 heteroatoms. The summed E-state index contributed by atoms with van der Waals surface area (Å²) >= 11 is 6.82. The Hall–Kier alpha value is -3.04. The molecule has 7 nitrogen and oxygen atoms in total. The third kappa shape index (κ3) is 5.23. The lowest BCUT2D eigenvalue weighted by Crippen LogP contribution is -2.28. The Morgan fingerprint density at radius 1 is 1.16 bits per heavy atom. The van der Waals surface area contributed by atoms with Gasteiger partial charge in [0.15, 0.2) is 0 Å². The number of halogens is 2. The van der Waals surface area contributed by atoms with Crippen LogP contribution in [0.5, 0.6) is 0 Å². The van der Waals surface area contributed by atoms with Gasteiger partial charge in [-0.1, -0.05) is 29.8 Å². The van der Waals surface area contributed by atoms with E-state index in [-0.39, 0.29) is 27.9 Å². The number of nitrogens with zero attached hydrogens (tertiary/aromatic N) is 2. The van der Waals surface area contributed by atoms with E-state index in [0.717, 1.165) is 17.8 Å². The van der Waals surface area contributed by atoms with E-state index in [0.29, 0.717) is 17.1 Å². The summed E-state index contributed by atoms with van der Waals surface area (Å²) in [6.45, 7) is 3.39. The van der Waals surface area contributed by atoms with Crippen molar-refractivity contribution in [2.45, 2.75) is 19.1 Å². The smallest absolute Gasteiger partial charge is 0.295 e. The molecule has 0 aliphatic rings. The standard InChI is InChI=1S/C22H22ClFN4O3S/c1-13-20(22(31)28(27(13)3)16-7-5-4-6-8-16)26-21(30)14(2)32-12-19(29)25-15-9-10-18(24)17(23)11-15/h4-11,14H,12H2,1-3H3,(H,25,29)(H,26,30). The molecular formula is C22H22ClFN4O3S. The SMILES string of the molecule is Cc1c(NC(=O)C(C)SCC(=O)Nc2ccc(F)c(Cl)c2)c(=O)n(-c2ccccc2)n1C. The molecule has 2 N–H and O–H groups in total. The molecule has 2 amide bonds. The first kappa shape index (κ1) is 23.6. The van der Waals surface area contributed by atoms with Crippen LogP contribution < -0.4 is 16.2 Å². The highest BCUT2D eigenvalue weighted by molar-refractivity contribution is 8.01. The number of anilines is 2. The maximum atomic E-state index is 13.2. The zero-order chi connectivity index (χ0) is 23.4. The quantitative estimate of drug-likeness (QED) is 0.540. The molecular weight excluding hydrogens is 455 g/mol. The normalized spacial score (nSPS) is 11.8. The number of carbonyl (C=O) groups is 2. The van der Waals surface area contributed by atoms with Crippen LogP contribution in [-0.4, -0.2) is 32.2 Å². The molecule has 2 aromatic carbocycles. The second-order valence-corrected chi connectivity index (χ2v) is 8.79. The third-order valence-corrected chi connectivity index (χ3v) is 6.27. The molecule has 0 aliphatic heterocycles. The Kier molecular flexibility index (Phi) is 7.42. The third-order valence-electron chi connectivity index (χ3n) is 4.84. The van der Waals surface area contributed by atoms with Crippen molar-refractivity contribution in [2.24, 2.45) is 7.05 Å². The van der Waals surface area contributed by atoms with Crippen LogP contribution in [0, 0.1) is 12.7 Å². The molecule has 0 fully saturated rings. The fourth-order valence-electron chi connectivity index (χ4n) is 2.98. The zero-order valence-electron chi connectivity index (χ0n) is 17.7. The van der Waals surface area contributed by atoms with Crippen molar-refractivity contribution in [3.05, 3.63) is 75.4 Å². The van der Waals surface area contributed by atoms with E-state index in [9.17, 15) is 18.8 Å². The molecule has 0 spiro atoms. The summed E-state index contributed by atoms with van der Waals surface area (Å²) in [7, 11) is 1.74. The highest BCUT2D eigenvalue weighted by atomic mass is 35.5. The van der Waals surface area contributed by atoms with E-state index in [2.05, 4.69) is 10.6 Å². The maximum Gasteiger partial charge on any atom is 0.295 e. The van der Waals surface area contributed by atoms with Gasteiger partial charge in [0.05, 0.1) is 27.4 Å². The van der Waals surface area contributed by atoms with Crippen LogP contribution in [0.15, 0.2) is 53.3 Å². The molecule has 0 radical (unpaired) electrons. The van der Waals surface area contributed by atoms with Crippen molar-refractivity contribution >= 4 is 46.6 Å². The minimum absolute atomic E-state index is 0.00833. The number of benzene rings is 2. The number of thioether (sulfide) groups is 1. The lowest BCUT2D eigenvalue weighted by molar-refractivity contribution is -0.115. The number of carbonyl (C=O) groups excluding carboxylic acids is 2. The molecule has 3 aromatic rings. The molecule has 0 aliphatic carbocycles. The Bertz CT molecular complexity index is 1210. The van der Waals surface area contributed by atoms with Crippen LogP contribution in [0.1, 0.15) is 12.6 Å². The van der Waals surface area contributed by atoms with E-state index >= 15 is 0 Å². The van der Waals surface area contributed by atoms with Gasteiger partial charge in [0.2, 0.25) is 11.8 Å². The van der Waals surface area contributed by atoms with Crippen molar-refractivity contribution in [3.63, 3.8) is 0 Å². The van der Waals surface area contributed by atoms with Gasteiger partial charge in [-0.15, -0.1) is 11.8 Å². The van der Waals surface area contributed by atoms with Crippen molar-refractivity contribution in [3.8, 4) is 5.69 Å². The van der Waals surface area contributed by atoms with Gasteiger partial charge in [-0.3, -0.25) is 19.1 Å². The fourth-order valence-corrected chi connectivity index (χ4v) is 3.85.